The molecular formula is C64H44N2O. The van der Waals surface area contributed by atoms with Crippen molar-refractivity contribution in [2.45, 2.75) is 24.7 Å². The highest BCUT2D eigenvalue weighted by Gasteiger charge is 2.52. The molecule has 11 aromatic rings. The van der Waals surface area contributed by atoms with Crippen LogP contribution in [-0.4, -0.2) is 0 Å². The minimum atomic E-state index is -0.591. The third-order valence-electron chi connectivity index (χ3n) is 15.0. The van der Waals surface area contributed by atoms with Crippen LogP contribution in [0.3, 0.4) is 0 Å². The van der Waals surface area contributed by atoms with Gasteiger partial charge in [0.1, 0.15) is 11.2 Å². The molecule has 2 aliphatic carbocycles. The molecule has 316 valence electrons. The number of anilines is 6. The monoisotopic (exact) mass is 856 g/mol. The molecule has 0 N–H and O–H groups in total. The molecular weight excluding hydrogens is 813 g/mol. The number of hydrogen-bond donors (Lipinski definition) is 0. The summed E-state index contributed by atoms with van der Waals surface area (Å²) in [6, 6.07) is 85.1. The third-order valence-corrected chi connectivity index (χ3v) is 15.0. The van der Waals surface area contributed by atoms with Gasteiger partial charge < -0.3 is 14.2 Å². The third kappa shape index (κ3) is 5.17. The summed E-state index contributed by atoms with van der Waals surface area (Å²) >= 11 is 0. The Hall–Kier alpha value is -8.40. The van der Waals surface area contributed by atoms with Gasteiger partial charge in [-0.2, -0.15) is 0 Å². The fraction of sp³-hybridized carbons (Fsp3) is 0.0625. The van der Waals surface area contributed by atoms with Crippen LogP contribution in [0.2, 0.25) is 0 Å². The normalized spacial score (nSPS) is 14.3. The molecule has 0 bridgehead atoms. The van der Waals surface area contributed by atoms with E-state index in [1.807, 2.05) is 6.07 Å². The number of benzene rings is 10. The van der Waals surface area contributed by atoms with E-state index in [9.17, 15) is 0 Å². The first-order valence-electron chi connectivity index (χ1n) is 23.3. The van der Waals surface area contributed by atoms with Gasteiger partial charge in [-0.1, -0.05) is 184 Å². The van der Waals surface area contributed by atoms with Gasteiger partial charge in [0, 0.05) is 44.4 Å². The average Bonchev–Trinajstić information content (AvgIpc) is 3.99. The molecule has 10 aromatic carbocycles. The summed E-state index contributed by atoms with van der Waals surface area (Å²) in [7, 11) is 0. The van der Waals surface area contributed by atoms with Crippen molar-refractivity contribution in [2.24, 2.45) is 0 Å². The summed E-state index contributed by atoms with van der Waals surface area (Å²) in [5.41, 5.74) is 22.9. The number of rotatable bonds is 5. The van der Waals surface area contributed by atoms with Crippen molar-refractivity contribution in [1.82, 2.24) is 0 Å². The maximum atomic E-state index is 6.65. The van der Waals surface area contributed by atoms with E-state index < -0.39 is 5.41 Å². The molecule has 0 saturated carbocycles. The average molecular weight is 857 g/mol. The van der Waals surface area contributed by atoms with Crippen molar-refractivity contribution in [3.05, 3.63) is 264 Å². The van der Waals surface area contributed by atoms with E-state index in [-0.39, 0.29) is 5.41 Å². The number of para-hydroxylation sites is 5. The first-order chi connectivity index (χ1) is 33.0. The van der Waals surface area contributed by atoms with Crippen molar-refractivity contribution in [3.63, 3.8) is 0 Å². The van der Waals surface area contributed by atoms with Crippen molar-refractivity contribution in [1.29, 1.82) is 0 Å². The minimum Gasteiger partial charge on any atom is -0.455 e. The second-order valence-electron chi connectivity index (χ2n) is 18.8. The van der Waals surface area contributed by atoms with Crippen LogP contribution in [-0.2, 0) is 10.8 Å². The Morgan fingerprint density at radius 2 is 0.985 bits per heavy atom. The molecule has 1 spiro atoms. The van der Waals surface area contributed by atoms with Crippen LogP contribution in [0.5, 0.6) is 0 Å². The summed E-state index contributed by atoms with van der Waals surface area (Å²) in [4.78, 5) is 4.97. The van der Waals surface area contributed by atoms with Crippen LogP contribution < -0.4 is 9.80 Å². The lowest BCUT2D eigenvalue weighted by molar-refractivity contribution is 0.660. The lowest BCUT2D eigenvalue weighted by atomic mass is 9.64. The van der Waals surface area contributed by atoms with Gasteiger partial charge in [0.05, 0.1) is 22.5 Å². The van der Waals surface area contributed by atoms with E-state index in [0.717, 1.165) is 55.8 Å². The van der Waals surface area contributed by atoms with Crippen LogP contribution in [0.25, 0.3) is 55.3 Å². The SMILES string of the molecule is CC1(C)c2ccccc2-c2ccc(N(c3cccc(-c4cccc5c4oc4ccccc45)c3)c3cccc4c3-c3ccccc3C43c4ccccc4N(c4ccccc4)c4ccccc43)cc21. The van der Waals surface area contributed by atoms with Crippen molar-refractivity contribution in [2.75, 3.05) is 9.80 Å². The Balaban J connectivity index is 1.04. The van der Waals surface area contributed by atoms with Gasteiger partial charge in [-0.3, -0.25) is 0 Å². The molecule has 1 aromatic heterocycles. The topological polar surface area (TPSA) is 19.6 Å². The summed E-state index contributed by atoms with van der Waals surface area (Å²) < 4.78 is 6.65. The smallest absolute Gasteiger partial charge is 0.143 e. The maximum Gasteiger partial charge on any atom is 0.143 e. The van der Waals surface area contributed by atoms with Crippen LogP contribution in [0.1, 0.15) is 47.2 Å². The largest absolute Gasteiger partial charge is 0.455 e. The molecule has 0 amide bonds. The molecule has 1 aliphatic heterocycles. The zero-order valence-electron chi connectivity index (χ0n) is 37.2. The van der Waals surface area contributed by atoms with Gasteiger partial charge in [0.2, 0.25) is 0 Å². The fourth-order valence-corrected chi connectivity index (χ4v) is 12.2. The van der Waals surface area contributed by atoms with Gasteiger partial charge in [0.15, 0.2) is 0 Å². The highest BCUT2D eigenvalue weighted by Crippen LogP contribution is 2.65. The number of fused-ring (bicyclic) bond motifs is 15. The molecule has 3 aliphatic rings. The second kappa shape index (κ2) is 14.1. The predicted octanol–water partition coefficient (Wildman–Crippen LogP) is 17.2. The molecule has 2 heterocycles. The molecule has 3 nitrogen and oxygen atoms in total. The van der Waals surface area contributed by atoms with E-state index in [2.05, 4.69) is 248 Å². The zero-order valence-corrected chi connectivity index (χ0v) is 37.2. The number of nitrogens with zero attached hydrogens (tertiary/aromatic N) is 2. The number of furan rings is 1. The van der Waals surface area contributed by atoms with Crippen molar-refractivity contribution >= 4 is 56.1 Å². The Morgan fingerprint density at radius 1 is 0.403 bits per heavy atom. The Kier molecular flexibility index (Phi) is 7.95. The van der Waals surface area contributed by atoms with Crippen LogP contribution in [0.4, 0.5) is 34.1 Å². The maximum absolute atomic E-state index is 6.65. The highest BCUT2D eigenvalue weighted by atomic mass is 16.3. The van der Waals surface area contributed by atoms with E-state index in [4.69, 9.17) is 4.42 Å². The second-order valence-corrected chi connectivity index (χ2v) is 18.8. The van der Waals surface area contributed by atoms with Gasteiger partial charge >= 0.3 is 0 Å². The molecule has 0 unspecified atom stereocenters. The minimum absolute atomic E-state index is 0.179. The number of hydrogen-bond acceptors (Lipinski definition) is 3. The van der Waals surface area contributed by atoms with Crippen molar-refractivity contribution < 1.29 is 4.42 Å². The standard InChI is InChI=1S/C64H44N2O/c1-63(2)51-28-9-6-23-46(51)47-38-37-44(40-56(47)63)65(43-22-16-19-41(39-43)45-26-17-27-49-48-24-8-15-36-60(48)67-62(45)49)59-35-18-32-55-61(59)50-25-7-10-29-52(50)64(55)53-30-11-13-33-57(53)66(42-20-4-3-5-21-42)58-34-14-12-31-54(58)64/h3-40H,1-2H3. The lowest BCUT2D eigenvalue weighted by Gasteiger charge is -2.45. The molecule has 14 rings (SSSR count). The van der Waals surface area contributed by atoms with Crippen LogP contribution in [0, 0.1) is 0 Å². The van der Waals surface area contributed by atoms with E-state index in [0.29, 0.717) is 0 Å². The van der Waals surface area contributed by atoms with Gasteiger partial charge in [0.25, 0.3) is 0 Å². The van der Waals surface area contributed by atoms with Crippen LogP contribution in [0.15, 0.2) is 235 Å². The molecule has 0 fully saturated rings. The molecule has 3 heteroatoms. The Labute approximate surface area is 390 Å². The highest BCUT2D eigenvalue weighted by molar-refractivity contribution is 6.10. The lowest BCUT2D eigenvalue weighted by Crippen LogP contribution is -2.36. The summed E-state index contributed by atoms with van der Waals surface area (Å²) in [5.74, 6) is 0. The fourth-order valence-electron chi connectivity index (χ4n) is 12.2. The Bertz CT molecular complexity index is 3770. The first-order valence-corrected chi connectivity index (χ1v) is 23.3. The summed E-state index contributed by atoms with van der Waals surface area (Å²) in [6.45, 7) is 4.74. The van der Waals surface area contributed by atoms with E-state index in [1.54, 1.807) is 0 Å². The summed E-state index contributed by atoms with van der Waals surface area (Å²) in [6.07, 6.45) is 0. The molecule has 67 heavy (non-hydrogen) atoms. The van der Waals surface area contributed by atoms with Crippen molar-refractivity contribution in [3.8, 4) is 33.4 Å². The van der Waals surface area contributed by atoms with Crippen LogP contribution >= 0.6 is 0 Å². The van der Waals surface area contributed by atoms with E-state index >= 15 is 0 Å². The summed E-state index contributed by atoms with van der Waals surface area (Å²) in [5, 5.41) is 2.25. The van der Waals surface area contributed by atoms with Gasteiger partial charge in [-0.25, -0.2) is 0 Å². The molecule has 0 radical (unpaired) electrons. The van der Waals surface area contributed by atoms with Gasteiger partial charge in [-0.05, 0) is 116 Å². The molecule has 0 saturated heterocycles. The first kappa shape index (κ1) is 37.9. The van der Waals surface area contributed by atoms with E-state index in [1.165, 1.54) is 67.0 Å². The Morgan fingerprint density at radius 3 is 1.79 bits per heavy atom. The quantitative estimate of drug-likeness (QED) is 0.172. The zero-order chi connectivity index (χ0) is 44.4. The predicted molar refractivity (Wildman–Crippen MR) is 277 cm³/mol. The molecule has 0 atom stereocenters. The van der Waals surface area contributed by atoms with Gasteiger partial charge in [-0.15, -0.1) is 0 Å².